The molecule has 0 fully saturated rings. The van der Waals surface area contributed by atoms with Gasteiger partial charge in [-0.2, -0.15) is 11.8 Å². The highest BCUT2D eigenvalue weighted by molar-refractivity contribution is 7.98. The average molecular weight is 378 g/mol. The predicted molar refractivity (Wildman–Crippen MR) is 116 cm³/mol. The number of hydrogen-bond donors (Lipinski definition) is 2. The molecule has 0 saturated heterocycles. The van der Waals surface area contributed by atoms with Gasteiger partial charge >= 0.3 is 0 Å². The van der Waals surface area contributed by atoms with Crippen LogP contribution in [0.15, 0.2) is 91.0 Å². The Morgan fingerprint density at radius 2 is 1.30 bits per heavy atom. The maximum absolute atomic E-state index is 11.0. The highest BCUT2D eigenvalue weighted by atomic mass is 32.2. The number of rotatable bonds is 9. The molecule has 0 saturated carbocycles. The summed E-state index contributed by atoms with van der Waals surface area (Å²) in [5, 5.41) is 14.6. The number of aliphatic hydroxyl groups excluding tert-OH is 1. The summed E-state index contributed by atoms with van der Waals surface area (Å²) in [5.41, 5.74) is 3.50. The third-order valence-electron chi connectivity index (χ3n) is 4.69. The second-order valence-corrected chi connectivity index (χ2v) is 7.79. The van der Waals surface area contributed by atoms with Crippen LogP contribution in [0.4, 0.5) is 0 Å². The minimum absolute atomic E-state index is 0.0312. The van der Waals surface area contributed by atoms with Gasteiger partial charge in [0.1, 0.15) is 0 Å². The van der Waals surface area contributed by atoms with Crippen molar-refractivity contribution in [1.29, 1.82) is 0 Å². The third kappa shape index (κ3) is 5.96. The van der Waals surface area contributed by atoms with Crippen LogP contribution in [0.1, 0.15) is 35.8 Å². The quantitative estimate of drug-likeness (QED) is 0.525. The van der Waals surface area contributed by atoms with Crippen LogP contribution in [0.3, 0.4) is 0 Å². The van der Waals surface area contributed by atoms with E-state index in [1.165, 1.54) is 11.1 Å². The summed E-state index contributed by atoms with van der Waals surface area (Å²) in [6.45, 7) is 2.15. The highest BCUT2D eigenvalue weighted by Crippen LogP contribution is 2.24. The van der Waals surface area contributed by atoms with Gasteiger partial charge in [-0.25, -0.2) is 0 Å². The van der Waals surface area contributed by atoms with E-state index in [-0.39, 0.29) is 12.1 Å². The Bertz CT molecular complexity index is 779. The van der Waals surface area contributed by atoms with Crippen LogP contribution in [0.2, 0.25) is 0 Å². The fourth-order valence-corrected chi connectivity index (χ4v) is 4.23. The first-order valence-corrected chi connectivity index (χ1v) is 10.5. The smallest absolute Gasteiger partial charge is 0.0951 e. The minimum atomic E-state index is -0.541. The third-order valence-corrected chi connectivity index (χ3v) is 5.83. The van der Waals surface area contributed by atoms with Crippen LogP contribution >= 0.6 is 11.8 Å². The monoisotopic (exact) mass is 377 g/mol. The molecule has 0 spiro atoms. The van der Waals surface area contributed by atoms with Gasteiger partial charge in [0.05, 0.1) is 6.10 Å². The van der Waals surface area contributed by atoms with Crippen molar-refractivity contribution in [3.63, 3.8) is 0 Å². The summed E-state index contributed by atoms with van der Waals surface area (Å²) in [7, 11) is 0. The molecule has 3 aromatic rings. The number of thioether (sulfide) groups is 1. The first kappa shape index (κ1) is 19.7. The molecular formula is C24H27NOS. The van der Waals surface area contributed by atoms with Crippen LogP contribution < -0.4 is 5.32 Å². The van der Waals surface area contributed by atoms with Crippen molar-refractivity contribution in [2.75, 3.05) is 5.75 Å². The predicted octanol–water partition coefficient (Wildman–Crippen LogP) is 5.37. The second-order valence-electron chi connectivity index (χ2n) is 6.76. The molecular weight excluding hydrogens is 350 g/mol. The van der Waals surface area contributed by atoms with E-state index in [9.17, 15) is 5.11 Å². The Kier molecular flexibility index (Phi) is 7.52. The van der Waals surface area contributed by atoms with Gasteiger partial charge in [-0.15, -0.1) is 0 Å². The average Bonchev–Trinajstić information content (AvgIpc) is 2.74. The maximum Gasteiger partial charge on any atom is 0.0951 e. The van der Waals surface area contributed by atoms with Crippen LogP contribution in [0, 0.1) is 0 Å². The normalized spacial score (nSPS) is 14.4. The van der Waals surface area contributed by atoms with E-state index in [1.807, 2.05) is 54.2 Å². The summed E-state index contributed by atoms with van der Waals surface area (Å²) >= 11 is 1.85. The summed E-state index contributed by atoms with van der Waals surface area (Å²) in [6.07, 6.45) is -0.541. The zero-order valence-electron chi connectivity index (χ0n) is 15.7. The van der Waals surface area contributed by atoms with Crippen molar-refractivity contribution >= 4 is 11.8 Å². The van der Waals surface area contributed by atoms with Crippen molar-refractivity contribution in [1.82, 2.24) is 5.32 Å². The number of hydrogen-bond acceptors (Lipinski definition) is 3. The largest absolute Gasteiger partial charge is 0.387 e. The van der Waals surface area contributed by atoms with Gasteiger partial charge in [0.15, 0.2) is 0 Å². The molecule has 0 amide bonds. The lowest BCUT2D eigenvalue weighted by atomic mass is 10.0. The molecule has 0 unspecified atom stereocenters. The van der Waals surface area contributed by atoms with Gasteiger partial charge in [0.25, 0.3) is 0 Å². The standard InChI is InChI=1S/C24H27NOS/c1-19(21-13-7-3-8-14-21)25-23(24(26)22-15-9-4-10-16-22)18-27-17-20-11-5-2-6-12-20/h2-16,19,23-26H,17-18H2,1H3/t19-,23-,24+/m0/s1. The Morgan fingerprint density at radius 1 is 0.778 bits per heavy atom. The van der Waals surface area contributed by atoms with Crippen molar-refractivity contribution in [3.05, 3.63) is 108 Å². The second kappa shape index (κ2) is 10.3. The topological polar surface area (TPSA) is 32.3 Å². The molecule has 3 heteroatoms. The van der Waals surface area contributed by atoms with Crippen LogP contribution in [-0.2, 0) is 5.75 Å². The van der Waals surface area contributed by atoms with Gasteiger partial charge < -0.3 is 10.4 Å². The number of benzene rings is 3. The maximum atomic E-state index is 11.0. The molecule has 0 bridgehead atoms. The lowest BCUT2D eigenvalue weighted by molar-refractivity contribution is 0.132. The lowest BCUT2D eigenvalue weighted by Crippen LogP contribution is -2.38. The van der Waals surface area contributed by atoms with Crippen molar-refractivity contribution in [2.45, 2.75) is 30.9 Å². The SMILES string of the molecule is C[C@H](N[C@@H](CSCc1ccccc1)[C@H](O)c1ccccc1)c1ccccc1. The summed E-state index contributed by atoms with van der Waals surface area (Å²) in [5.74, 6) is 1.78. The summed E-state index contributed by atoms with van der Waals surface area (Å²) < 4.78 is 0. The van der Waals surface area contributed by atoms with Crippen molar-refractivity contribution in [3.8, 4) is 0 Å². The fourth-order valence-electron chi connectivity index (χ4n) is 3.15. The zero-order chi connectivity index (χ0) is 18.9. The molecule has 2 N–H and O–H groups in total. The number of nitrogens with one attached hydrogen (secondary N) is 1. The first-order chi connectivity index (χ1) is 13.2. The summed E-state index contributed by atoms with van der Waals surface area (Å²) in [6, 6.07) is 30.9. The van der Waals surface area contributed by atoms with Crippen LogP contribution in [-0.4, -0.2) is 16.9 Å². The molecule has 140 valence electrons. The van der Waals surface area contributed by atoms with Crippen LogP contribution in [0.5, 0.6) is 0 Å². The van der Waals surface area contributed by atoms with Gasteiger partial charge in [0, 0.05) is 23.6 Å². The van der Waals surface area contributed by atoms with E-state index in [1.54, 1.807) is 0 Å². The highest BCUT2D eigenvalue weighted by Gasteiger charge is 2.23. The molecule has 0 radical (unpaired) electrons. The number of aliphatic hydroxyl groups is 1. The Hall–Kier alpha value is -2.07. The molecule has 2 nitrogen and oxygen atoms in total. The Labute approximate surface area is 166 Å². The first-order valence-electron chi connectivity index (χ1n) is 9.39. The molecule has 0 aromatic heterocycles. The van der Waals surface area contributed by atoms with E-state index in [4.69, 9.17) is 0 Å². The van der Waals surface area contributed by atoms with Gasteiger partial charge in [-0.05, 0) is 23.6 Å². The molecule has 3 aromatic carbocycles. The lowest BCUT2D eigenvalue weighted by Gasteiger charge is -2.28. The molecule has 3 rings (SSSR count). The molecule has 0 heterocycles. The van der Waals surface area contributed by atoms with E-state index in [0.717, 1.165) is 17.1 Å². The molecule has 0 aliphatic heterocycles. The zero-order valence-corrected chi connectivity index (χ0v) is 16.5. The van der Waals surface area contributed by atoms with Crippen molar-refractivity contribution < 1.29 is 5.11 Å². The molecule has 3 atom stereocenters. The molecule has 27 heavy (non-hydrogen) atoms. The van der Waals surface area contributed by atoms with Gasteiger partial charge in [-0.3, -0.25) is 0 Å². The molecule has 0 aliphatic rings. The molecule has 0 aliphatic carbocycles. The van der Waals surface area contributed by atoms with Crippen molar-refractivity contribution in [2.24, 2.45) is 0 Å². The van der Waals surface area contributed by atoms with E-state index >= 15 is 0 Å². The summed E-state index contributed by atoms with van der Waals surface area (Å²) in [4.78, 5) is 0. The van der Waals surface area contributed by atoms with Gasteiger partial charge in [0.2, 0.25) is 0 Å². The van der Waals surface area contributed by atoms with E-state index in [2.05, 4.69) is 60.8 Å². The Balaban J connectivity index is 1.68. The fraction of sp³-hybridized carbons (Fsp3) is 0.250. The van der Waals surface area contributed by atoms with E-state index in [0.29, 0.717) is 0 Å². The Morgan fingerprint density at radius 3 is 1.89 bits per heavy atom. The van der Waals surface area contributed by atoms with Gasteiger partial charge in [-0.1, -0.05) is 91.0 Å². The van der Waals surface area contributed by atoms with E-state index < -0.39 is 6.10 Å². The van der Waals surface area contributed by atoms with Crippen LogP contribution in [0.25, 0.3) is 0 Å². The minimum Gasteiger partial charge on any atom is -0.387 e.